The highest BCUT2D eigenvalue weighted by atomic mass is 32.2. The van der Waals surface area contributed by atoms with E-state index in [4.69, 9.17) is 5.11 Å². The third kappa shape index (κ3) is 2.08. The van der Waals surface area contributed by atoms with Gasteiger partial charge in [-0.2, -0.15) is 0 Å². The summed E-state index contributed by atoms with van der Waals surface area (Å²) in [5.41, 5.74) is 0.862. The highest BCUT2D eigenvalue weighted by molar-refractivity contribution is 7.85. The first kappa shape index (κ1) is 11.8. The van der Waals surface area contributed by atoms with E-state index < -0.39 is 17.0 Å². The zero-order valence-corrected chi connectivity index (χ0v) is 9.87. The van der Waals surface area contributed by atoms with E-state index >= 15 is 0 Å². The third-order valence-electron chi connectivity index (χ3n) is 2.60. The summed E-state index contributed by atoms with van der Waals surface area (Å²) < 4.78 is 16.4. The molecule has 0 saturated heterocycles. The second kappa shape index (κ2) is 4.29. The maximum Gasteiger partial charge on any atom is 0.511 e. The highest BCUT2D eigenvalue weighted by Crippen LogP contribution is 2.31. The van der Waals surface area contributed by atoms with Gasteiger partial charge in [0, 0.05) is 23.3 Å². The zero-order chi connectivity index (χ0) is 12.6. The molecular weight excluding hydrogens is 244 g/mol. The monoisotopic (exact) mass is 254 g/mol. The number of carbonyl (C=O) groups excluding carboxylic acids is 1. The summed E-state index contributed by atoms with van der Waals surface area (Å²) in [7, 11) is -1.27. The Labute approximate surface area is 99.9 Å². The van der Waals surface area contributed by atoms with Crippen LogP contribution in [0, 0.1) is 6.92 Å². The van der Waals surface area contributed by atoms with Gasteiger partial charge < -0.3 is 9.84 Å². The molecule has 90 valence electrons. The Hall–Kier alpha value is -1.69. The molecule has 0 spiro atoms. The SMILES string of the molecule is Cc1c(OC(=O)O)ccc2c1S(=O)CCC2=O. The molecule has 17 heavy (non-hydrogen) atoms. The summed E-state index contributed by atoms with van der Waals surface area (Å²) >= 11 is 0. The number of carboxylic acid groups (broad SMARTS) is 1. The van der Waals surface area contributed by atoms with Gasteiger partial charge in [-0.1, -0.05) is 0 Å². The first-order chi connectivity index (χ1) is 8.00. The summed E-state index contributed by atoms with van der Waals surface area (Å²) in [6, 6.07) is 2.89. The predicted octanol–water partition coefficient (Wildman–Crippen LogP) is 1.75. The van der Waals surface area contributed by atoms with Crippen molar-refractivity contribution in [3.8, 4) is 5.75 Å². The molecule has 1 unspecified atom stereocenters. The smallest absolute Gasteiger partial charge is 0.449 e. The van der Waals surface area contributed by atoms with Crippen LogP contribution in [0.3, 0.4) is 0 Å². The van der Waals surface area contributed by atoms with Gasteiger partial charge in [-0.15, -0.1) is 0 Å². The van der Waals surface area contributed by atoms with Crippen LogP contribution in [0.4, 0.5) is 4.79 Å². The van der Waals surface area contributed by atoms with Crippen molar-refractivity contribution < 1.29 is 23.6 Å². The lowest BCUT2D eigenvalue weighted by atomic mass is 10.0. The zero-order valence-electron chi connectivity index (χ0n) is 9.06. The lowest BCUT2D eigenvalue weighted by Crippen LogP contribution is -2.18. The van der Waals surface area contributed by atoms with Crippen molar-refractivity contribution in [2.24, 2.45) is 0 Å². The van der Waals surface area contributed by atoms with Crippen LogP contribution in [0.1, 0.15) is 22.3 Å². The molecular formula is C11H10O5S. The molecule has 0 saturated carbocycles. The minimum Gasteiger partial charge on any atom is -0.449 e. The summed E-state index contributed by atoms with van der Waals surface area (Å²) in [4.78, 5) is 22.5. The van der Waals surface area contributed by atoms with Crippen molar-refractivity contribution in [1.82, 2.24) is 0 Å². The molecule has 0 aromatic heterocycles. The van der Waals surface area contributed by atoms with Gasteiger partial charge in [0.1, 0.15) is 5.75 Å². The lowest BCUT2D eigenvalue weighted by molar-refractivity contribution is 0.0983. The second-order valence-electron chi connectivity index (χ2n) is 3.66. The van der Waals surface area contributed by atoms with Crippen LogP contribution >= 0.6 is 0 Å². The van der Waals surface area contributed by atoms with E-state index in [2.05, 4.69) is 4.74 Å². The van der Waals surface area contributed by atoms with E-state index in [-0.39, 0.29) is 23.7 Å². The number of carbonyl (C=O) groups is 2. The van der Waals surface area contributed by atoms with Gasteiger partial charge in [0.05, 0.1) is 15.7 Å². The number of benzene rings is 1. The predicted molar refractivity (Wildman–Crippen MR) is 60.1 cm³/mol. The van der Waals surface area contributed by atoms with Gasteiger partial charge in [-0.05, 0) is 19.1 Å². The van der Waals surface area contributed by atoms with Crippen molar-refractivity contribution in [2.75, 3.05) is 5.75 Å². The van der Waals surface area contributed by atoms with Gasteiger partial charge in [0.25, 0.3) is 0 Å². The Morgan fingerprint density at radius 3 is 2.82 bits per heavy atom. The molecule has 1 atom stereocenters. The number of Topliss-reactive ketones (excluding diaryl/α,β-unsaturated/α-hetero) is 1. The van der Waals surface area contributed by atoms with E-state index in [0.29, 0.717) is 16.0 Å². The van der Waals surface area contributed by atoms with Gasteiger partial charge in [0.15, 0.2) is 5.78 Å². The average molecular weight is 254 g/mol. The molecule has 0 amide bonds. The average Bonchev–Trinajstić information content (AvgIpc) is 2.26. The highest BCUT2D eigenvalue weighted by Gasteiger charge is 2.26. The van der Waals surface area contributed by atoms with Crippen LogP contribution in [0.25, 0.3) is 0 Å². The van der Waals surface area contributed by atoms with E-state index in [1.54, 1.807) is 6.92 Å². The van der Waals surface area contributed by atoms with Crippen LogP contribution in [0.15, 0.2) is 17.0 Å². The second-order valence-corrected chi connectivity index (χ2v) is 5.16. The molecule has 1 aromatic rings. The molecule has 1 aliphatic heterocycles. The van der Waals surface area contributed by atoms with Gasteiger partial charge >= 0.3 is 6.16 Å². The molecule has 1 aromatic carbocycles. The maximum atomic E-state index is 11.8. The number of ketones is 1. The molecule has 1 N–H and O–H groups in total. The molecule has 0 bridgehead atoms. The molecule has 5 nitrogen and oxygen atoms in total. The van der Waals surface area contributed by atoms with E-state index in [1.807, 2.05) is 0 Å². The Balaban J connectivity index is 2.57. The molecule has 0 aliphatic carbocycles. The van der Waals surface area contributed by atoms with Crippen LogP contribution in [-0.4, -0.2) is 27.0 Å². The Kier molecular flexibility index (Phi) is 2.97. The third-order valence-corrected chi connectivity index (χ3v) is 4.15. The molecule has 1 heterocycles. The normalized spacial score (nSPS) is 18.6. The van der Waals surface area contributed by atoms with Crippen molar-refractivity contribution in [2.45, 2.75) is 18.2 Å². The number of hydrogen-bond acceptors (Lipinski definition) is 4. The quantitative estimate of drug-likeness (QED) is 0.610. The number of fused-ring (bicyclic) bond motifs is 1. The van der Waals surface area contributed by atoms with Crippen molar-refractivity contribution in [3.05, 3.63) is 23.3 Å². The first-order valence-corrected chi connectivity index (χ1v) is 6.28. The molecule has 2 rings (SSSR count). The van der Waals surface area contributed by atoms with Crippen LogP contribution in [0.5, 0.6) is 5.75 Å². The van der Waals surface area contributed by atoms with Gasteiger partial charge in [-0.25, -0.2) is 4.79 Å². The topological polar surface area (TPSA) is 80.7 Å². The van der Waals surface area contributed by atoms with E-state index in [0.717, 1.165) is 0 Å². The van der Waals surface area contributed by atoms with Crippen molar-refractivity contribution in [1.29, 1.82) is 0 Å². The van der Waals surface area contributed by atoms with Gasteiger partial charge in [-0.3, -0.25) is 9.00 Å². The van der Waals surface area contributed by atoms with Gasteiger partial charge in [0.2, 0.25) is 0 Å². The minimum absolute atomic E-state index is 0.0652. The van der Waals surface area contributed by atoms with E-state index in [1.165, 1.54) is 12.1 Å². The fraction of sp³-hybridized carbons (Fsp3) is 0.273. The fourth-order valence-corrected chi connectivity index (χ4v) is 3.26. The van der Waals surface area contributed by atoms with Crippen molar-refractivity contribution >= 4 is 22.7 Å². The van der Waals surface area contributed by atoms with Crippen molar-refractivity contribution in [3.63, 3.8) is 0 Å². The summed E-state index contributed by atoms with van der Waals surface area (Å²) in [6.45, 7) is 1.60. The summed E-state index contributed by atoms with van der Waals surface area (Å²) in [5, 5.41) is 8.55. The molecule has 1 aliphatic rings. The first-order valence-electron chi connectivity index (χ1n) is 4.96. The van der Waals surface area contributed by atoms with Crippen LogP contribution in [0.2, 0.25) is 0 Å². The van der Waals surface area contributed by atoms with Crippen LogP contribution in [-0.2, 0) is 10.8 Å². The summed E-state index contributed by atoms with van der Waals surface area (Å²) in [6.07, 6.45) is -1.17. The lowest BCUT2D eigenvalue weighted by Gasteiger charge is -2.17. The van der Waals surface area contributed by atoms with Crippen LogP contribution < -0.4 is 4.74 Å². The Morgan fingerprint density at radius 2 is 2.18 bits per heavy atom. The maximum absolute atomic E-state index is 11.8. The number of hydrogen-bond donors (Lipinski definition) is 1. The minimum atomic E-state index is -1.43. The Bertz CT molecular complexity index is 535. The molecule has 0 radical (unpaired) electrons. The van der Waals surface area contributed by atoms with E-state index in [9.17, 15) is 13.8 Å². The molecule has 6 heteroatoms. The largest absolute Gasteiger partial charge is 0.511 e. The Morgan fingerprint density at radius 1 is 1.47 bits per heavy atom. The number of ether oxygens (including phenoxy) is 1. The fourth-order valence-electron chi connectivity index (χ4n) is 1.81. The summed E-state index contributed by atoms with van der Waals surface area (Å²) in [5.74, 6) is 0.340. The number of rotatable bonds is 1. The standard InChI is InChI=1S/C11H10O5S/c1-6-9(16-11(13)14)3-2-7-8(12)4-5-17(15)10(6)7/h2-3H,4-5H2,1H3,(H,13,14). The molecule has 0 fully saturated rings.